The van der Waals surface area contributed by atoms with E-state index in [4.69, 9.17) is 9.47 Å². The molecule has 1 aromatic carbocycles. The predicted octanol–water partition coefficient (Wildman–Crippen LogP) is 2.82. The van der Waals surface area contributed by atoms with Crippen LogP contribution in [0.1, 0.15) is 18.2 Å². The normalized spacial score (nSPS) is 11.9. The predicted molar refractivity (Wildman–Crippen MR) is 79.1 cm³/mol. The molecule has 0 aliphatic carbocycles. The van der Waals surface area contributed by atoms with Gasteiger partial charge < -0.3 is 14.8 Å². The van der Waals surface area contributed by atoms with E-state index >= 15 is 0 Å². The van der Waals surface area contributed by atoms with Crippen LogP contribution < -0.4 is 14.8 Å². The Kier molecular flexibility index (Phi) is 5.38. The van der Waals surface area contributed by atoms with Crippen LogP contribution in [-0.2, 0) is 0 Å². The lowest BCUT2D eigenvalue weighted by Gasteiger charge is -2.18. The zero-order valence-corrected chi connectivity index (χ0v) is 11.9. The highest BCUT2D eigenvalue weighted by atomic mass is 16.5. The molecule has 0 amide bonds. The van der Waals surface area contributed by atoms with E-state index in [1.54, 1.807) is 13.3 Å². The summed E-state index contributed by atoms with van der Waals surface area (Å²) >= 11 is 0. The Morgan fingerprint density at radius 2 is 1.95 bits per heavy atom. The van der Waals surface area contributed by atoms with Crippen LogP contribution in [0.4, 0.5) is 0 Å². The molecule has 20 heavy (non-hydrogen) atoms. The summed E-state index contributed by atoms with van der Waals surface area (Å²) in [7, 11) is 3.58. The molecule has 0 bridgehead atoms. The minimum absolute atomic E-state index is 0.106. The van der Waals surface area contributed by atoms with Crippen molar-refractivity contribution in [1.29, 1.82) is 0 Å². The highest BCUT2D eigenvalue weighted by molar-refractivity contribution is 5.29. The van der Waals surface area contributed by atoms with Crippen LogP contribution in [0, 0.1) is 0 Å². The lowest BCUT2D eigenvalue weighted by molar-refractivity contribution is 0.286. The van der Waals surface area contributed by atoms with Crippen molar-refractivity contribution in [1.82, 2.24) is 10.3 Å². The Bertz CT molecular complexity index is 517. The molecule has 0 aliphatic rings. The molecule has 1 unspecified atom stereocenters. The summed E-state index contributed by atoms with van der Waals surface area (Å²) in [5.41, 5.74) is 0.911. The molecule has 0 saturated carbocycles. The van der Waals surface area contributed by atoms with Crippen molar-refractivity contribution in [2.45, 2.75) is 12.5 Å². The van der Waals surface area contributed by atoms with Crippen LogP contribution in [0.5, 0.6) is 11.5 Å². The van der Waals surface area contributed by atoms with Crippen molar-refractivity contribution in [3.05, 3.63) is 54.4 Å². The number of hydrogen-bond acceptors (Lipinski definition) is 4. The van der Waals surface area contributed by atoms with Crippen LogP contribution in [0.15, 0.2) is 48.7 Å². The number of rotatable bonds is 7. The van der Waals surface area contributed by atoms with Gasteiger partial charge in [-0.2, -0.15) is 0 Å². The minimum Gasteiger partial charge on any atom is -0.495 e. The summed E-state index contributed by atoms with van der Waals surface area (Å²) in [5, 5.41) is 3.26. The summed E-state index contributed by atoms with van der Waals surface area (Å²) in [6.07, 6.45) is 2.60. The quantitative estimate of drug-likeness (QED) is 0.841. The third kappa shape index (κ3) is 3.71. The van der Waals surface area contributed by atoms with E-state index in [0.717, 1.165) is 23.6 Å². The van der Waals surface area contributed by atoms with Crippen molar-refractivity contribution in [3.63, 3.8) is 0 Å². The Labute approximate surface area is 119 Å². The Morgan fingerprint density at radius 1 is 1.15 bits per heavy atom. The molecule has 2 aromatic rings. The summed E-state index contributed by atoms with van der Waals surface area (Å²) in [6.45, 7) is 0.620. The van der Waals surface area contributed by atoms with Crippen LogP contribution >= 0.6 is 0 Å². The lowest BCUT2D eigenvalue weighted by atomic mass is 10.1. The second-order valence-electron chi connectivity index (χ2n) is 4.38. The highest BCUT2D eigenvalue weighted by Gasteiger charge is 2.15. The maximum atomic E-state index is 5.72. The fraction of sp³-hybridized carbons (Fsp3) is 0.312. The molecule has 1 heterocycles. The summed E-state index contributed by atoms with van der Waals surface area (Å²) in [6, 6.07) is 13.7. The second-order valence-corrected chi connectivity index (χ2v) is 4.38. The van der Waals surface area contributed by atoms with Crippen LogP contribution in [0.25, 0.3) is 0 Å². The lowest BCUT2D eigenvalue weighted by Crippen LogP contribution is -2.20. The molecule has 0 spiro atoms. The van der Waals surface area contributed by atoms with Crippen molar-refractivity contribution >= 4 is 0 Å². The molecule has 1 aromatic heterocycles. The summed E-state index contributed by atoms with van der Waals surface area (Å²) < 4.78 is 11.1. The van der Waals surface area contributed by atoms with Gasteiger partial charge in [0.25, 0.3) is 0 Å². The number of aromatic nitrogens is 1. The number of benzene rings is 1. The first-order valence-corrected chi connectivity index (χ1v) is 6.69. The van der Waals surface area contributed by atoms with Crippen LogP contribution in [0.3, 0.4) is 0 Å². The van der Waals surface area contributed by atoms with E-state index in [2.05, 4.69) is 10.3 Å². The van der Waals surface area contributed by atoms with Gasteiger partial charge in [0.1, 0.15) is 11.5 Å². The van der Waals surface area contributed by atoms with E-state index < -0.39 is 0 Å². The number of hydrogen-bond donors (Lipinski definition) is 1. The first-order valence-electron chi connectivity index (χ1n) is 6.69. The number of ether oxygens (including phenoxy) is 2. The topological polar surface area (TPSA) is 43.4 Å². The smallest absolute Gasteiger partial charge is 0.141 e. The molecule has 0 radical (unpaired) electrons. The number of pyridine rings is 1. The highest BCUT2D eigenvalue weighted by Crippen LogP contribution is 2.24. The van der Waals surface area contributed by atoms with Gasteiger partial charge in [0.15, 0.2) is 0 Å². The molecular weight excluding hydrogens is 252 g/mol. The molecule has 0 fully saturated rings. The van der Waals surface area contributed by atoms with Gasteiger partial charge in [-0.05, 0) is 31.3 Å². The van der Waals surface area contributed by atoms with Crippen molar-refractivity contribution in [2.75, 3.05) is 20.8 Å². The molecular formula is C16H20N2O2. The number of methoxy groups -OCH3 is 1. The standard InChI is InChI=1S/C16H20N2O2/c1-17-14(16-15(19-2)9-6-11-18-16)10-12-20-13-7-4-3-5-8-13/h3-9,11,14,17H,10,12H2,1-2H3. The molecule has 2 rings (SSSR count). The first kappa shape index (κ1) is 14.3. The molecule has 0 aliphatic heterocycles. The van der Waals surface area contributed by atoms with Gasteiger partial charge in [-0.25, -0.2) is 0 Å². The van der Waals surface area contributed by atoms with Gasteiger partial charge in [-0.3, -0.25) is 4.98 Å². The van der Waals surface area contributed by atoms with Crippen molar-refractivity contribution in [2.24, 2.45) is 0 Å². The molecule has 4 heteroatoms. The van der Waals surface area contributed by atoms with Crippen LogP contribution in [0.2, 0.25) is 0 Å². The average molecular weight is 272 g/mol. The number of para-hydroxylation sites is 1. The second kappa shape index (κ2) is 7.50. The largest absolute Gasteiger partial charge is 0.495 e. The van der Waals surface area contributed by atoms with Gasteiger partial charge in [-0.15, -0.1) is 0 Å². The third-order valence-electron chi connectivity index (χ3n) is 3.12. The van der Waals surface area contributed by atoms with Crippen LogP contribution in [-0.4, -0.2) is 25.7 Å². The zero-order valence-electron chi connectivity index (χ0n) is 11.9. The number of nitrogens with zero attached hydrogens (tertiary/aromatic N) is 1. The van der Waals surface area contributed by atoms with E-state index in [9.17, 15) is 0 Å². The molecule has 106 valence electrons. The monoisotopic (exact) mass is 272 g/mol. The van der Waals surface area contributed by atoms with E-state index in [1.807, 2.05) is 49.5 Å². The van der Waals surface area contributed by atoms with E-state index in [0.29, 0.717) is 6.61 Å². The Hall–Kier alpha value is -2.07. The maximum Gasteiger partial charge on any atom is 0.141 e. The fourth-order valence-electron chi connectivity index (χ4n) is 2.07. The van der Waals surface area contributed by atoms with Gasteiger partial charge >= 0.3 is 0 Å². The molecule has 1 atom stereocenters. The van der Waals surface area contributed by atoms with Gasteiger partial charge in [0.05, 0.1) is 25.5 Å². The molecule has 1 N–H and O–H groups in total. The third-order valence-corrected chi connectivity index (χ3v) is 3.12. The summed E-state index contributed by atoms with van der Waals surface area (Å²) in [4.78, 5) is 4.40. The van der Waals surface area contributed by atoms with Gasteiger partial charge in [0.2, 0.25) is 0 Å². The maximum absolute atomic E-state index is 5.72. The number of nitrogens with one attached hydrogen (secondary N) is 1. The SMILES string of the molecule is CNC(CCOc1ccccc1)c1ncccc1OC. The van der Waals surface area contributed by atoms with Crippen molar-refractivity contribution in [3.8, 4) is 11.5 Å². The molecule has 4 nitrogen and oxygen atoms in total. The van der Waals surface area contributed by atoms with Gasteiger partial charge in [0, 0.05) is 12.6 Å². The van der Waals surface area contributed by atoms with Gasteiger partial charge in [-0.1, -0.05) is 18.2 Å². The summed E-state index contributed by atoms with van der Waals surface area (Å²) in [5.74, 6) is 1.68. The zero-order chi connectivity index (χ0) is 14.2. The Balaban J connectivity index is 1.95. The van der Waals surface area contributed by atoms with E-state index in [1.165, 1.54) is 0 Å². The Morgan fingerprint density at radius 3 is 2.65 bits per heavy atom. The molecule has 0 saturated heterocycles. The van der Waals surface area contributed by atoms with E-state index in [-0.39, 0.29) is 6.04 Å². The van der Waals surface area contributed by atoms with Crippen molar-refractivity contribution < 1.29 is 9.47 Å². The first-order chi connectivity index (χ1) is 9.85. The minimum atomic E-state index is 0.106. The fourth-order valence-corrected chi connectivity index (χ4v) is 2.07. The average Bonchev–Trinajstić information content (AvgIpc) is 2.53.